The maximum absolute atomic E-state index is 14.6. The number of aromatic nitrogens is 1. The van der Waals surface area contributed by atoms with Crippen LogP contribution in [0.2, 0.25) is 5.02 Å². The molecule has 4 aromatic rings. The molecule has 0 bridgehead atoms. The summed E-state index contributed by atoms with van der Waals surface area (Å²) in [5.74, 6) is -3.29. The highest BCUT2D eigenvalue weighted by Gasteiger charge is 2.59. The van der Waals surface area contributed by atoms with Crippen LogP contribution in [-0.2, 0) is 10.3 Å². The number of rotatable bonds is 7. The standard InChI is InChI=1S/C30H23ClF3NO5/c1-17(22-12-11-20(15-25(22)31)23-5-3-4-6-24(23)28(38)40-2)29(39,30(32,33)34)21-13-14-35-26(16-21)18-7-9-19(10-8-18)27(36)37/h3-17,39H,1-2H3,(H,36,37). The van der Waals surface area contributed by atoms with E-state index < -0.39 is 35.2 Å². The molecule has 10 heteroatoms. The molecule has 6 nitrogen and oxygen atoms in total. The Kier molecular flexibility index (Phi) is 8.00. The van der Waals surface area contributed by atoms with Crippen LogP contribution in [0.15, 0.2) is 85.1 Å². The zero-order valence-corrected chi connectivity index (χ0v) is 22.0. The molecule has 2 atom stereocenters. The minimum absolute atomic E-state index is 0.00706. The van der Waals surface area contributed by atoms with E-state index in [1.54, 1.807) is 24.3 Å². The highest BCUT2D eigenvalue weighted by molar-refractivity contribution is 6.31. The summed E-state index contributed by atoms with van der Waals surface area (Å²) in [6, 6.07) is 18.6. The SMILES string of the molecule is COC(=O)c1ccccc1-c1ccc(C(C)C(O)(c2ccnc(-c3ccc(C(=O)O)cc3)c2)C(F)(F)F)c(Cl)c1. The number of nitrogens with zero attached hydrogens (tertiary/aromatic N) is 1. The van der Waals surface area contributed by atoms with Crippen LogP contribution in [0.1, 0.15) is 44.7 Å². The molecule has 0 aliphatic rings. The van der Waals surface area contributed by atoms with Gasteiger partial charge in [0.15, 0.2) is 5.60 Å². The molecule has 0 radical (unpaired) electrons. The van der Waals surface area contributed by atoms with Crippen LogP contribution in [-0.4, -0.2) is 40.4 Å². The zero-order valence-electron chi connectivity index (χ0n) is 21.2. The number of carbonyl (C=O) groups is 2. The number of benzene rings is 3. The molecule has 1 heterocycles. The summed E-state index contributed by atoms with van der Waals surface area (Å²) in [6.45, 7) is 1.22. The molecule has 3 aromatic carbocycles. The normalized spacial score (nSPS) is 13.8. The first-order valence-corrected chi connectivity index (χ1v) is 12.3. The highest BCUT2D eigenvalue weighted by Crippen LogP contribution is 2.50. The van der Waals surface area contributed by atoms with Gasteiger partial charge in [-0.25, -0.2) is 9.59 Å². The number of carboxylic acid groups (broad SMARTS) is 1. The second kappa shape index (κ2) is 11.1. The number of carbonyl (C=O) groups excluding carboxylic acids is 1. The Morgan fingerprint density at radius 1 is 0.950 bits per heavy atom. The van der Waals surface area contributed by atoms with Crippen molar-refractivity contribution in [2.75, 3.05) is 7.11 Å². The molecule has 0 saturated heterocycles. The van der Waals surface area contributed by atoms with Gasteiger partial charge in [0.1, 0.15) is 0 Å². The lowest BCUT2D eigenvalue weighted by atomic mass is 9.77. The fraction of sp³-hybridized carbons (Fsp3) is 0.167. The lowest BCUT2D eigenvalue weighted by Gasteiger charge is -2.37. The minimum Gasteiger partial charge on any atom is -0.478 e. The Balaban J connectivity index is 1.77. The fourth-order valence-electron chi connectivity index (χ4n) is 4.56. The van der Waals surface area contributed by atoms with E-state index in [1.807, 2.05) is 0 Å². The van der Waals surface area contributed by atoms with E-state index in [1.165, 1.54) is 56.5 Å². The molecule has 4 rings (SSSR count). The first-order valence-electron chi connectivity index (χ1n) is 11.9. The van der Waals surface area contributed by atoms with Crippen molar-refractivity contribution >= 4 is 23.5 Å². The van der Waals surface area contributed by atoms with Gasteiger partial charge in [-0.05, 0) is 58.7 Å². The average molecular weight is 570 g/mol. The molecule has 2 unspecified atom stereocenters. The third-order valence-electron chi connectivity index (χ3n) is 6.80. The Labute approximate surface area is 232 Å². The largest absolute Gasteiger partial charge is 0.478 e. The van der Waals surface area contributed by atoms with Gasteiger partial charge in [0, 0.05) is 22.7 Å². The Morgan fingerprint density at radius 3 is 2.20 bits per heavy atom. The summed E-state index contributed by atoms with van der Waals surface area (Å²) in [6.07, 6.45) is -3.97. The Hall–Kier alpha value is -4.21. The Morgan fingerprint density at radius 2 is 1.60 bits per heavy atom. The molecule has 0 spiro atoms. The number of aliphatic hydroxyl groups is 1. The van der Waals surface area contributed by atoms with E-state index in [9.17, 15) is 27.9 Å². The molecule has 1 aromatic heterocycles. The van der Waals surface area contributed by atoms with Crippen molar-refractivity contribution in [1.29, 1.82) is 0 Å². The molecule has 0 aliphatic heterocycles. The average Bonchev–Trinajstić information content (AvgIpc) is 2.95. The van der Waals surface area contributed by atoms with Gasteiger partial charge in [0.2, 0.25) is 0 Å². The number of methoxy groups -OCH3 is 1. The monoisotopic (exact) mass is 569 g/mol. The third-order valence-corrected chi connectivity index (χ3v) is 7.12. The molecular formula is C30H23ClF3NO5. The van der Waals surface area contributed by atoms with E-state index in [0.717, 1.165) is 18.3 Å². The van der Waals surface area contributed by atoms with Crippen LogP contribution in [0.5, 0.6) is 0 Å². The molecule has 0 saturated carbocycles. The van der Waals surface area contributed by atoms with E-state index in [-0.39, 0.29) is 27.4 Å². The third kappa shape index (κ3) is 5.30. The number of aromatic carboxylic acids is 1. The van der Waals surface area contributed by atoms with Gasteiger partial charge >= 0.3 is 18.1 Å². The van der Waals surface area contributed by atoms with Crippen molar-refractivity contribution in [2.24, 2.45) is 0 Å². The number of esters is 1. The maximum Gasteiger partial charge on any atom is 0.422 e. The summed E-state index contributed by atoms with van der Waals surface area (Å²) in [5, 5.41) is 20.4. The first-order chi connectivity index (χ1) is 18.9. The molecule has 206 valence electrons. The van der Waals surface area contributed by atoms with Crippen LogP contribution in [0.4, 0.5) is 13.2 Å². The summed E-state index contributed by atoms with van der Waals surface area (Å²) in [5.41, 5.74) is -2.08. The molecular weight excluding hydrogens is 547 g/mol. The van der Waals surface area contributed by atoms with Crippen molar-refractivity contribution in [2.45, 2.75) is 24.6 Å². The quantitative estimate of drug-likeness (QED) is 0.230. The van der Waals surface area contributed by atoms with Crippen LogP contribution in [0.3, 0.4) is 0 Å². The lowest BCUT2D eigenvalue weighted by molar-refractivity contribution is -0.274. The van der Waals surface area contributed by atoms with Crippen molar-refractivity contribution in [3.63, 3.8) is 0 Å². The second-order valence-electron chi connectivity index (χ2n) is 9.07. The summed E-state index contributed by atoms with van der Waals surface area (Å²) in [7, 11) is 1.24. The van der Waals surface area contributed by atoms with E-state index >= 15 is 0 Å². The van der Waals surface area contributed by atoms with Gasteiger partial charge in [-0.1, -0.05) is 61.0 Å². The second-order valence-corrected chi connectivity index (χ2v) is 9.48. The molecule has 40 heavy (non-hydrogen) atoms. The predicted octanol–water partition coefficient (Wildman–Crippen LogP) is 7.11. The van der Waals surface area contributed by atoms with E-state index in [2.05, 4.69) is 4.98 Å². The maximum atomic E-state index is 14.6. The van der Waals surface area contributed by atoms with E-state index in [4.69, 9.17) is 21.4 Å². The van der Waals surface area contributed by atoms with Crippen molar-refractivity contribution in [1.82, 2.24) is 4.98 Å². The van der Waals surface area contributed by atoms with Crippen molar-refractivity contribution < 1.29 is 37.7 Å². The summed E-state index contributed by atoms with van der Waals surface area (Å²) < 4.78 is 48.7. The van der Waals surface area contributed by atoms with Gasteiger partial charge < -0.3 is 14.9 Å². The van der Waals surface area contributed by atoms with E-state index in [0.29, 0.717) is 16.7 Å². The lowest BCUT2D eigenvalue weighted by Crippen LogP contribution is -2.46. The number of ether oxygens (including phenoxy) is 1. The summed E-state index contributed by atoms with van der Waals surface area (Å²) >= 11 is 6.50. The number of hydrogen-bond donors (Lipinski definition) is 2. The zero-order chi connectivity index (χ0) is 29.2. The molecule has 0 amide bonds. The van der Waals surface area contributed by atoms with Crippen LogP contribution < -0.4 is 0 Å². The number of carboxylic acids is 1. The number of pyridine rings is 1. The van der Waals surface area contributed by atoms with Crippen LogP contribution in [0.25, 0.3) is 22.4 Å². The number of halogens is 4. The number of hydrogen-bond acceptors (Lipinski definition) is 5. The van der Waals surface area contributed by atoms with Gasteiger partial charge in [-0.3, -0.25) is 4.98 Å². The molecule has 2 N–H and O–H groups in total. The topological polar surface area (TPSA) is 96.7 Å². The van der Waals surface area contributed by atoms with Gasteiger partial charge in [-0.15, -0.1) is 0 Å². The van der Waals surface area contributed by atoms with Gasteiger partial charge in [0.05, 0.1) is 23.9 Å². The molecule has 0 fully saturated rings. The predicted molar refractivity (Wildman–Crippen MR) is 143 cm³/mol. The van der Waals surface area contributed by atoms with Crippen LogP contribution in [0, 0.1) is 0 Å². The van der Waals surface area contributed by atoms with Crippen molar-refractivity contribution in [3.05, 3.63) is 112 Å². The Bertz CT molecular complexity index is 1570. The van der Waals surface area contributed by atoms with Crippen LogP contribution >= 0.6 is 11.6 Å². The highest BCUT2D eigenvalue weighted by atomic mass is 35.5. The van der Waals surface area contributed by atoms with Gasteiger partial charge in [0.25, 0.3) is 0 Å². The van der Waals surface area contributed by atoms with Gasteiger partial charge in [-0.2, -0.15) is 13.2 Å². The molecule has 0 aliphatic carbocycles. The number of alkyl halides is 3. The first kappa shape index (κ1) is 28.8. The fourth-order valence-corrected chi connectivity index (χ4v) is 4.91. The smallest absolute Gasteiger partial charge is 0.422 e. The van der Waals surface area contributed by atoms with Crippen molar-refractivity contribution in [3.8, 4) is 22.4 Å². The summed E-state index contributed by atoms with van der Waals surface area (Å²) in [4.78, 5) is 27.5. The minimum atomic E-state index is -5.11.